The molecule has 0 spiro atoms. The van der Waals surface area contributed by atoms with E-state index in [2.05, 4.69) is 22.9 Å². The Kier molecular flexibility index (Phi) is 4.82. The van der Waals surface area contributed by atoms with E-state index in [1.54, 1.807) is 14.0 Å². The van der Waals surface area contributed by atoms with Crippen LogP contribution in [0.3, 0.4) is 0 Å². The number of hydrogen-bond donors (Lipinski definition) is 3. The molecule has 1 aliphatic rings. The first kappa shape index (κ1) is 15.4. The standard InChI is InChI=1S/C11H18N4O3S/c1-11(10(18)13-2)3-4-15(6-11)9(17)8(16)14-5-7(12)19/h3-6H2,1-2H3,(H2,12,19)(H,13,18)(H,14,16). The summed E-state index contributed by atoms with van der Waals surface area (Å²) in [6, 6.07) is 0. The predicted molar refractivity (Wildman–Crippen MR) is 73.2 cm³/mol. The second kappa shape index (κ2) is 5.96. The van der Waals surface area contributed by atoms with Crippen LogP contribution in [0.5, 0.6) is 0 Å². The van der Waals surface area contributed by atoms with E-state index in [1.807, 2.05) is 0 Å². The van der Waals surface area contributed by atoms with Crippen molar-refractivity contribution in [3.8, 4) is 0 Å². The molecule has 3 amide bonds. The van der Waals surface area contributed by atoms with Gasteiger partial charge in [-0.05, 0) is 13.3 Å². The van der Waals surface area contributed by atoms with Gasteiger partial charge in [-0.2, -0.15) is 0 Å². The molecular formula is C11H18N4O3S. The largest absolute Gasteiger partial charge is 0.392 e. The van der Waals surface area contributed by atoms with Crippen LogP contribution >= 0.6 is 12.2 Å². The number of amides is 3. The van der Waals surface area contributed by atoms with Gasteiger partial charge in [-0.15, -0.1) is 0 Å². The highest BCUT2D eigenvalue weighted by molar-refractivity contribution is 7.80. The van der Waals surface area contributed by atoms with Crippen LogP contribution in [0.1, 0.15) is 13.3 Å². The third kappa shape index (κ3) is 3.63. The number of thiocarbonyl (C=S) groups is 1. The Hall–Kier alpha value is -1.70. The zero-order valence-corrected chi connectivity index (χ0v) is 11.8. The van der Waals surface area contributed by atoms with E-state index in [4.69, 9.17) is 5.73 Å². The monoisotopic (exact) mass is 286 g/mol. The molecule has 4 N–H and O–H groups in total. The van der Waals surface area contributed by atoms with Crippen molar-refractivity contribution in [2.45, 2.75) is 13.3 Å². The summed E-state index contributed by atoms with van der Waals surface area (Å²) in [5, 5.41) is 4.90. The van der Waals surface area contributed by atoms with Crippen LogP contribution in [-0.4, -0.2) is 54.3 Å². The highest BCUT2D eigenvalue weighted by Crippen LogP contribution is 2.29. The van der Waals surface area contributed by atoms with Gasteiger partial charge in [0.2, 0.25) is 5.91 Å². The van der Waals surface area contributed by atoms with E-state index in [0.717, 1.165) is 0 Å². The lowest BCUT2D eigenvalue weighted by Crippen LogP contribution is -2.46. The van der Waals surface area contributed by atoms with E-state index in [9.17, 15) is 14.4 Å². The van der Waals surface area contributed by atoms with Gasteiger partial charge < -0.3 is 21.3 Å². The molecule has 1 atom stereocenters. The summed E-state index contributed by atoms with van der Waals surface area (Å²) < 4.78 is 0. The molecule has 0 saturated carbocycles. The molecule has 1 heterocycles. The van der Waals surface area contributed by atoms with Gasteiger partial charge in [0.25, 0.3) is 0 Å². The van der Waals surface area contributed by atoms with Crippen LogP contribution in [0.2, 0.25) is 0 Å². The van der Waals surface area contributed by atoms with E-state index >= 15 is 0 Å². The van der Waals surface area contributed by atoms with Crippen molar-refractivity contribution >= 4 is 34.9 Å². The van der Waals surface area contributed by atoms with Gasteiger partial charge in [0.15, 0.2) is 0 Å². The summed E-state index contributed by atoms with van der Waals surface area (Å²) in [5.74, 6) is -1.55. The van der Waals surface area contributed by atoms with Gasteiger partial charge in [-0.1, -0.05) is 12.2 Å². The van der Waals surface area contributed by atoms with Crippen molar-refractivity contribution in [3.05, 3.63) is 0 Å². The minimum atomic E-state index is -0.756. The summed E-state index contributed by atoms with van der Waals surface area (Å²) in [6.45, 7) is 2.36. The predicted octanol–water partition coefficient (Wildman–Crippen LogP) is -1.63. The Balaban J connectivity index is 2.59. The normalized spacial score (nSPS) is 21.9. The van der Waals surface area contributed by atoms with E-state index in [0.29, 0.717) is 13.0 Å². The van der Waals surface area contributed by atoms with Crippen LogP contribution in [0, 0.1) is 5.41 Å². The third-order valence-corrected chi connectivity index (χ3v) is 3.30. The number of rotatable bonds is 3. The summed E-state index contributed by atoms with van der Waals surface area (Å²) in [6.07, 6.45) is 0.529. The van der Waals surface area contributed by atoms with Crippen molar-refractivity contribution < 1.29 is 14.4 Å². The lowest BCUT2D eigenvalue weighted by molar-refractivity contribution is -0.145. The quantitative estimate of drug-likeness (QED) is 0.427. The van der Waals surface area contributed by atoms with Crippen LogP contribution in [0.15, 0.2) is 0 Å². The van der Waals surface area contributed by atoms with Crippen molar-refractivity contribution in [3.63, 3.8) is 0 Å². The molecule has 19 heavy (non-hydrogen) atoms. The van der Waals surface area contributed by atoms with Gasteiger partial charge in [0.1, 0.15) is 0 Å². The molecule has 0 bridgehead atoms. The number of carbonyl (C=O) groups is 3. The summed E-state index contributed by atoms with van der Waals surface area (Å²) >= 11 is 4.61. The molecule has 0 aromatic heterocycles. The fourth-order valence-electron chi connectivity index (χ4n) is 2.01. The average molecular weight is 286 g/mol. The molecule has 0 aromatic rings. The number of carbonyl (C=O) groups excluding carboxylic acids is 3. The molecule has 1 unspecified atom stereocenters. The highest BCUT2D eigenvalue weighted by Gasteiger charge is 2.42. The summed E-state index contributed by atoms with van der Waals surface area (Å²) in [7, 11) is 1.55. The minimum Gasteiger partial charge on any atom is -0.392 e. The molecule has 1 aliphatic heterocycles. The Bertz CT molecular complexity index is 426. The van der Waals surface area contributed by atoms with Crippen molar-refractivity contribution in [1.82, 2.24) is 15.5 Å². The number of hydrogen-bond acceptors (Lipinski definition) is 4. The second-order valence-electron chi connectivity index (χ2n) is 4.77. The van der Waals surface area contributed by atoms with Gasteiger partial charge in [0.05, 0.1) is 16.9 Å². The smallest absolute Gasteiger partial charge is 0.311 e. The first-order valence-corrected chi connectivity index (χ1v) is 6.28. The van der Waals surface area contributed by atoms with E-state index < -0.39 is 17.2 Å². The maximum atomic E-state index is 11.9. The Morgan fingerprint density at radius 3 is 2.58 bits per heavy atom. The number of likely N-dealkylation sites (tertiary alicyclic amines) is 1. The molecule has 7 nitrogen and oxygen atoms in total. The summed E-state index contributed by atoms with van der Waals surface area (Å²) in [4.78, 5) is 36.6. The average Bonchev–Trinajstić information content (AvgIpc) is 2.77. The zero-order valence-electron chi connectivity index (χ0n) is 11.0. The van der Waals surface area contributed by atoms with E-state index in [-0.39, 0.29) is 24.0 Å². The van der Waals surface area contributed by atoms with Crippen LogP contribution in [0.25, 0.3) is 0 Å². The second-order valence-corrected chi connectivity index (χ2v) is 5.29. The molecule has 1 rings (SSSR count). The van der Waals surface area contributed by atoms with Gasteiger partial charge in [-0.3, -0.25) is 14.4 Å². The SMILES string of the molecule is CNC(=O)C1(C)CCN(C(=O)C(=O)NCC(N)=S)C1. The minimum absolute atomic E-state index is 0.0134. The molecule has 1 fully saturated rings. The van der Waals surface area contributed by atoms with Crippen LogP contribution in [-0.2, 0) is 14.4 Å². The molecule has 106 valence electrons. The Morgan fingerprint density at radius 1 is 1.42 bits per heavy atom. The molecule has 0 radical (unpaired) electrons. The Morgan fingerprint density at radius 2 is 2.05 bits per heavy atom. The number of nitrogens with zero attached hydrogens (tertiary/aromatic N) is 1. The molecule has 0 aromatic carbocycles. The first-order valence-electron chi connectivity index (χ1n) is 5.88. The van der Waals surface area contributed by atoms with Crippen LogP contribution in [0.4, 0.5) is 0 Å². The Labute approximate surface area is 116 Å². The molecular weight excluding hydrogens is 268 g/mol. The van der Waals surface area contributed by atoms with Crippen molar-refractivity contribution in [2.24, 2.45) is 11.1 Å². The lowest BCUT2D eigenvalue weighted by atomic mass is 9.89. The molecule has 1 saturated heterocycles. The topological polar surface area (TPSA) is 105 Å². The fourth-order valence-corrected chi connectivity index (χ4v) is 2.08. The van der Waals surface area contributed by atoms with Crippen molar-refractivity contribution in [2.75, 3.05) is 26.7 Å². The molecule has 0 aliphatic carbocycles. The van der Waals surface area contributed by atoms with Gasteiger partial charge >= 0.3 is 11.8 Å². The van der Waals surface area contributed by atoms with E-state index in [1.165, 1.54) is 4.90 Å². The summed E-state index contributed by atoms with van der Waals surface area (Å²) in [5.41, 5.74) is 4.59. The maximum absolute atomic E-state index is 11.9. The molecule has 8 heteroatoms. The zero-order chi connectivity index (χ0) is 14.6. The highest BCUT2D eigenvalue weighted by atomic mass is 32.1. The fraction of sp³-hybridized carbons (Fsp3) is 0.636. The number of nitrogens with two attached hydrogens (primary N) is 1. The van der Waals surface area contributed by atoms with Gasteiger partial charge in [0, 0.05) is 20.1 Å². The van der Waals surface area contributed by atoms with Gasteiger partial charge in [-0.25, -0.2) is 0 Å². The number of nitrogens with one attached hydrogen (secondary N) is 2. The first-order chi connectivity index (χ1) is 8.80. The van der Waals surface area contributed by atoms with Crippen LogP contribution < -0.4 is 16.4 Å². The third-order valence-electron chi connectivity index (χ3n) is 3.15. The lowest BCUT2D eigenvalue weighted by Gasteiger charge is -2.22. The maximum Gasteiger partial charge on any atom is 0.311 e. The van der Waals surface area contributed by atoms with Crippen molar-refractivity contribution in [1.29, 1.82) is 0 Å².